The van der Waals surface area contributed by atoms with Crippen molar-refractivity contribution in [3.05, 3.63) is 29.8 Å². The fourth-order valence-corrected chi connectivity index (χ4v) is 3.60. The van der Waals surface area contributed by atoms with E-state index in [0.29, 0.717) is 12.8 Å². The third kappa shape index (κ3) is 3.58. The van der Waals surface area contributed by atoms with E-state index in [9.17, 15) is 8.42 Å². The smallest absolute Gasteiger partial charge is 0.240 e. The molecular weight excluding hydrogens is 278 g/mol. The van der Waals surface area contributed by atoms with Gasteiger partial charge in [0.2, 0.25) is 10.0 Å². The van der Waals surface area contributed by atoms with Crippen molar-refractivity contribution in [2.75, 3.05) is 7.11 Å². The molecule has 1 aliphatic rings. The quantitative estimate of drug-likeness (QED) is 0.921. The van der Waals surface area contributed by atoms with Crippen molar-refractivity contribution in [3.63, 3.8) is 0 Å². The Morgan fingerprint density at radius 2 is 1.90 bits per heavy atom. The molecule has 0 bridgehead atoms. The molecule has 1 N–H and O–H groups in total. The number of sulfonamides is 1. The Morgan fingerprint density at radius 1 is 1.25 bits per heavy atom. The van der Waals surface area contributed by atoms with Crippen LogP contribution in [0.4, 0.5) is 0 Å². The molecule has 6 heteroatoms. The Morgan fingerprint density at radius 3 is 2.45 bits per heavy atom. The molecule has 1 aromatic rings. The summed E-state index contributed by atoms with van der Waals surface area (Å²) in [6.07, 6.45) is 0.922. The predicted molar refractivity (Wildman–Crippen MR) is 75.9 cm³/mol. The summed E-state index contributed by atoms with van der Waals surface area (Å²) < 4.78 is 38.1. The number of nitrogens with one attached hydrogen (secondary N) is 1. The molecule has 0 unspecified atom stereocenters. The van der Waals surface area contributed by atoms with Gasteiger partial charge in [0.1, 0.15) is 0 Å². The van der Waals surface area contributed by atoms with Crippen molar-refractivity contribution in [1.82, 2.24) is 4.72 Å². The summed E-state index contributed by atoms with van der Waals surface area (Å²) in [6, 6.07) is 6.58. The highest BCUT2D eigenvalue weighted by Crippen LogP contribution is 2.21. The maximum absolute atomic E-state index is 12.3. The van der Waals surface area contributed by atoms with Crippen molar-refractivity contribution in [2.45, 2.75) is 50.0 Å². The monoisotopic (exact) mass is 299 g/mol. The number of ether oxygens (including phenoxy) is 2. The second-order valence-electron chi connectivity index (χ2n) is 5.12. The first-order valence-corrected chi connectivity index (χ1v) is 8.18. The molecule has 1 saturated heterocycles. The molecule has 2 rings (SSSR count). The van der Waals surface area contributed by atoms with E-state index in [1.165, 1.54) is 0 Å². The van der Waals surface area contributed by atoms with Crippen LogP contribution in [0.15, 0.2) is 29.2 Å². The van der Waals surface area contributed by atoms with Gasteiger partial charge >= 0.3 is 0 Å². The molecule has 3 atom stereocenters. The Kier molecular flexibility index (Phi) is 4.80. The minimum absolute atomic E-state index is 0.214. The molecule has 20 heavy (non-hydrogen) atoms. The van der Waals surface area contributed by atoms with Crippen LogP contribution in [-0.4, -0.2) is 34.0 Å². The van der Waals surface area contributed by atoms with E-state index in [0.717, 1.165) is 5.56 Å². The topological polar surface area (TPSA) is 64.6 Å². The first-order chi connectivity index (χ1) is 9.42. The highest BCUT2D eigenvalue weighted by atomic mass is 32.2. The van der Waals surface area contributed by atoms with E-state index in [4.69, 9.17) is 9.47 Å². The summed E-state index contributed by atoms with van der Waals surface area (Å²) in [4.78, 5) is 0.282. The van der Waals surface area contributed by atoms with Crippen molar-refractivity contribution >= 4 is 10.0 Å². The molecule has 0 saturated carbocycles. The molecule has 5 nitrogen and oxygen atoms in total. The van der Waals surface area contributed by atoms with E-state index < -0.39 is 10.0 Å². The maximum Gasteiger partial charge on any atom is 0.240 e. The minimum Gasteiger partial charge on any atom is -0.356 e. The molecule has 1 heterocycles. The number of methoxy groups -OCH3 is 1. The zero-order valence-corrected chi connectivity index (χ0v) is 12.8. The van der Waals surface area contributed by atoms with E-state index in [1.54, 1.807) is 31.4 Å². The van der Waals surface area contributed by atoms with Crippen LogP contribution in [0.25, 0.3) is 0 Å². The van der Waals surface area contributed by atoms with Gasteiger partial charge in [0, 0.05) is 13.2 Å². The Bertz CT molecular complexity index is 541. The van der Waals surface area contributed by atoms with Gasteiger partial charge in [0.25, 0.3) is 0 Å². The minimum atomic E-state index is -3.50. The SMILES string of the molecule is CO[C@@H]1CC[C@H](NS(=O)(=O)c2ccc(C)cc2)[C@@H](C)O1. The molecular formula is C14H21NO4S. The van der Waals surface area contributed by atoms with Crippen LogP contribution in [0.2, 0.25) is 0 Å². The molecule has 0 spiro atoms. The molecule has 0 aliphatic carbocycles. The zero-order chi connectivity index (χ0) is 14.8. The van der Waals surface area contributed by atoms with Crippen molar-refractivity contribution < 1.29 is 17.9 Å². The van der Waals surface area contributed by atoms with Crippen LogP contribution >= 0.6 is 0 Å². The van der Waals surface area contributed by atoms with Crippen LogP contribution in [-0.2, 0) is 19.5 Å². The van der Waals surface area contributed by atoms with E-state index in [-0.39, 0.29) is 23.3 Å². The van der Waals surface area contributed by atoms with E-state index in [2.05, 4.69) is 4.72 Å². The second kappa shape index (κ2) is 6.22. The molecule has 0 radical (unpaired) electrons. The summed E-state index contributed by atoms with van der Waals surface area (Å²) in [5.74, 6) is 0. The summed E-state index contributed by atoms with van der Waals surface area (Å²) in [7, 11) is -1.91. The van der Waals surface area contributed by atoms with Gasteiger partial charge < -0.3 is 9.47 Å². The Balaban J connectivity index is 2.07. The first-order valence-electron chi connectivity index (χ1n) is 6.69. The van der Waals surface area contributed by atoms with Crippen LogP contribution in [0.3, 0.4) is 0 Å². The van der Waals surface area contributed by atoms with Gasteiger partial charge in [0.05, 0.1) is 11.0 Å². The number of aryl methyl sites for hydroxylation is 1. The summed E-state index contributed by atoms with van der Waals surface area (Å²) in [5.41, 5.74) is 1.03. The molecule has 1 aromatic carbocycles. The average Bonchev–Trinajstić information content (AvgIpc) is 2.41. The zero-order valence-electron chi connectivity index (χ0n) is 12.0. The third-order valence-electron chi connectivity index (χ3n) is 3.55. The van der Waals surface area contributed by atoms with Gasteiger partial charge in [-0.15, -0.1) is 0 Å². The van der Waals surface area contributed by atoms with Gasteiger partial charge in [-0.3, -0.25) is 0 Å². The van der Waals surface area contributed by atoms with Gasteiger partial charge in [-0.25, -0.2) is 13.1 Å². The Hall–Kier alpha value is -0.950. The number of hydrogen-bond donors (Lipinski definition) is 1. The fraction of sp³-hybridized carbons (Fsp3) is 0.571. The lowest BCUT2D eigenvalue weighted by molar-refractivity contribution is -0.181. The summed E-state index contributed by atoms with van der Waals surface area (Å²) in [6.45, 7) is 3.78. The lowest BCUT2D eigenvalue weighted by Crippen LogP contribution is -2.48. The standard InChI is InChI=1S/C14H21NO4S/c1-10-4-6-12(7-5-10)20(16,17)15-13-8-9-14(18-3)19-11(13)2/h4-7,11,13-15H,8-9H2,1-3H3/t11-,13+,14+/m1/s1. The largest absolute Gasteiger partial charge is 0.356 e. The first kappa shape index (κ1) is 15.4. The van der Waals surface area contributed by atoms with E-state index in [1.807, 2.05) is 13.8 Å². The lowest BCUT2D eigenvalue weighted by Gasteiger charge is -2.34. The normalized spacial score (nSPS) is 27.4. The van der Waals surface area contributed by atoms with Crippen LogP contribution in [0, 0.1) is 6.92 Å². The number of rotatable bonds is 4. The van der Waals surface area contributed by atoms with Crippen molar-refractivity contribution in [2.24, 2.45) is 0 Å². The molecule has 112 valence electrons. The van der Waals surface area contributed by atoms with Crippen LogP contribution < -0.4 is 4.72 Å². The Labute approximate surface area is 120 Å². The predicted octanol–water partition coefficient (Wildman–Crippen LogP) is 1.81. The molecule has 0 aromatic heterocycles. The van der Waals surface area contributed by atoms with Gasteiger partial charge in [-0.2, -0.15) is 0 Å². The van der Waals surface area contributed by atoms with Gasteiger partial charge in [-0.1, -0.05) is 17.7 Å². The molecule has 1 aliphatic heterocycles. The second-order valence-corrected chi connectivity index (χ2v) is 6.84. The van der Waals surface area contributed by atoms with Crippen LogP contribution in [0.5, 0.6) is 0 Å². The highest BCUT2D eigenvalue weighted by Gasteiger charge is 2.31. The fourth-order valence-electron chi connectivity index (χ4n) is 2.27. The molecule has 1 fully saturated rings. The lowest BCUT2D eigenvalue weighted by atomic mass is 10.0. The number of hydrogen-bond acceptors (Lipinski definition) is 4. The van der Waals surface area contributed by atoms with Crippen molar-refractivity contribution in [3.8, 4) is 0 Å². The van der Waals surface area contributed by atoms with Gasteiger partial charge in [0.15, 0.2) is 6.29 Å². The number of benzene rings is 1. The summed E-state index contributed by atoms with van der Waals surface area (Å²) in [5, 5.41) is 0. The van der Waals surface area contributed by atoms with Gasteiger partial charge in [-0.05, 0) is 38.8 Å². The molecule has 0 amide bonds. The average molecular weight is 299 g/mol. The highest BCUT2D eigenvalue weighted by molar-refractivity contribution is 7.89. The summed E-state index contributed by atoms with van der Waals surface area (Å²) >= 11 is 0. The maximum atomic E-state index is 12.3. The third-order valence-corrected chi connectivity index (χ3v) is 5.05. The van der Waals surface area contributed by atoms with Crippen molar-refractivity contribution in [1.29, 1.82) is 0 Å². The van der Waals surface area contributed by atoms with E-state index >= 15 is 0 Å². The van der Waals surface area contributed by atoms with Crippen LogP contribution in [0.1, 0.15) is 25.3 Å².